The van der Waals surface area contributed by atoms with E-state index in [2.05, 4.69) is 161 Å². The van der Waals surface area contributed by atoms with Gasteiger partial charge < -0.3 is 24.8 Å². The molecule has 0 N–H and O–H groups in total. The van der Waals surface area contributed by atoms with E-state index in [-0.39, 0.29) is 35.6 Å². The Bertz CT molecular complexity index is 1480. The fourth-order valence-corrected chi connectivity index (χ4v) is 5.48. The first-order valence-electron chi connectivity index (χ1n) is 15.6. The van der Waals surface area contributed by atoms with E-state index in [1.807, 2.05) is 6.07 Å². The Morgan fingerprint density at radius 1 is 0.727 bits per heavy atom. The van der Waals surface area contributed by atoms with Crippen LogP contribution in [-0.4, -0.2) is 3.21 Å². The van der Waals surface area contributed by atoms with Crippen molar-refractivity contribution in [3.05, 3.63) is 113 Å². The van der Waals surface area contributed by atoms with Crippen LogP contribution in [0.3, 0.4) is 0 Å². The van der Waals surface area contributed by atoms with Crippen LogP contribution in [0.4, 0.5) is 0 Å². The van der Waals surface area contributed by atoms with Gasteiger partial charge in [0.05, 0.1) is 0 Å². The standard InChI is InChI=1S/C21H25.C12H19.C8H8.2ClH.Zr/c1-20(2,3)16-9-7-14-11-15-8-10-17(21(4,5)6)13-19(15)18(14)12-16;1-5-6-10-7-8-11(9-10)12(2,3)4;1-2-8-6-4-3-5-7-8;;;/h7-13H,1-6H3;8-10H,5-6H2,1-4H3;3-7H,1H3;2*1H;/q2*-1;;;;+2/p-2. The van der Waals surface area contributed by atoms with Gasteiger partial charge >= 0.3 is 70.3 Å². The zero-order chi connectivity index (χ0) is 31.3. The predicted octanol–water partition coefficient (Wildman–Crippen LogP) is 5.84. The van der Waals surface area contributed by atoms with Crippen molar-refractivity contribution in [2.75, 3.05) is 0 Å². The van der Waals surface area contributed by atoms with Crippen LogP contribution in [0.1, 0.15) is 106 Å². The first-order valence-corrected chi connectivity index (χ1v) is 16.8. The molecule has 0 amide bonds. The summed E-state index contributed by atoms with van der Waals surface area (Å²) in [6, 6.07) is 26.6. The van der Waals surface area contributed by atoms with Crippen molar-refractivity contribution in [3.8, 4) is 0 Å². The normalized spacial score (nSPS) is 14.5. The second-order valence-corrected chi connectivity index (χ2v) is 16.7. The minimum atomic E-state index is 0. The molecule has 3 heteroatoms. The molecule has 1 aliphatic carbocycles. The Balaban J connectivity index is 0.000000359. The van der Waals surface area contributed by atoms with Crippen LogP contribution in [-0.2, 0) is 35.1 Å². The van der Waals surface area contributed by atoms with E-state index in [1.165, 1.54) is 84.1 Å². The van der Waals surface area contributed by atoms with Crippen LogP contribution in [0, 0.1) is 17.4 Å². The largest absolute Gasteiger partial charge is 1.00 e. The summed E-state index contributed by atoms with van der Waals surface area (Å²) in [5, 5.41) is 5.49. The number of hydrogen-bond acceptors (Lipinski definition) is 0. The summed E-state index contributed by atoms with van der Waals surface area (Å²) in [6.45, 7) is 24.8. The second kappa shape index (κ2) is 16.8. The average Bonchev–Trinajstić information content (AvgIpc) is 3.53. The van der Waals surface area contributed by atoms with Gasteiger partial charge in [-0.2, -0.15) is 11.6 Å². The molecule has 0 heterocycles. The Labute approximate surface area is 296 Å². The maximum atomic E-state index is 3.40. The Morgan fingerprint density at radius 3 is 1.55 bits per heavy atom. The van der Waals surface area contributed by atoms with E-state index in [9.17, 15) is 0 Å². The van der Waals surface area contributed by atoms with Gasteiger partial charge in [-0.3, -0.25) is 6.08 Å². The summed E-state index contributed by atoms with van der Waals surface area (Å²) in [7, 11) is 0. The summed E-state index contributed by atoms with van der Waals surface area (Å²) < 4.78 is 1.46. The van der Waals surface area contributed by atoms with Crippen molar-refractivity contribution in [3.63, 3.8) is 0 Å². The molecule has 0 spiro atoms. The van der Waals surface area contributed by atoms with Gasteiger partial charge in [-0.1, -0.05) is 129 Å². The number of benzene rings is 3. The molecule has 0 aromatic heterocycles. The third-order valence-corrected chi connectivity index (χ3v) is 8.66. The van der Waals surface area contributed by atoms with Gasteiger partial charge in [0.2, 0.25) is 0 Å². The van der Waals surface area contributed by atoms with Gasteiger partial charge in [0.1, 0.15) is 0 Å². The maximum absolute atomic E-state index is 3.40. The van der Waals surface area contributed by atoms with Crippen molar-refractivity contribution in [1.82, 2.24) is 0 Å². The number of allylic oxidation sites excluding steroid dienone is 4. The smallest absolute Gasteiger partial charge is 1.00 e. The van der Waals surface area contributed by atoms with Gasteiger partial charge in [-0.05, 0) is 10.8 Å². The molecule has 44 heavy (non-hydrogen) atoms. The summed E-state index contributed by atoms with van der Waals surface area (Å²) in [4.78, 5) is 0. The third-order valence-electron chi connectivity index (χ3n) is 7.95. The molecular formula is C41H52Cl2Zr-2. The molecule has 0 saturated heterocycles. The summed E-state index contributed by atoms with van der Waals surface area (Å²) in [5.41, 5.74) is 6.32. The molecule has 0 bridgehead atoms. The van der Waals surface area contributed by atoms with Gasteiger partial charge in [-0.25, -0.2) is 6.08 Å². The molecule has 1 aliphatic rings. The minimum Gasteiger partial charge on any atom is -1.00 e. The maximum Gasteiger partial charge on any atom is -1.00 e. The van der Waals surface area contributed by atoms with Crippen LogP contribution in [0.5, 0.6) is 0 Å². The van der Waals surface area contributed by atoms with Crippen molar-refractivity contribution >= 4 is 24.8 Å². The summed E-state index contributed by atoms with van der Waals surface area (Å²) in [6.07, 6.45) is 10.4. The topological polar surface area (TPSA) is 0 Å². The van der Waals surface area contributed by atoms with Crippen molar-refractivity contribution in [2.24, 2.45) is 11.3 Å². The molecule has 0 fully saturated rings. The molecule has 5 rings (SSSR count). The average molecular weight is 707 g/mol. The first-order chi connectivity index (χ1) is 19.5. The van der Waals surface area contributed by atoms with Crippen LogP contribution in [0.15, 0.2) is 90.5 Å². The van der Waals surface area contributed by atoms with Crippen molar-refractivity contribution in [2.45, 2.75) is 99.8 Å². The number of halogens is 2. The van der Waals surface area contributed by atoms with E-state index >= 15 is 0 Å². The number of hydrogen-bond donors (Lipinski definition) is 0. The van der Waals surface area contributed by atoms with Crippen LogP contribution in [0.25, 0.3) is 21.5 Å². The van der Waals surface area contributed by atoms with E-state index in [0.717, 1.165) is 0 Å². The zero-order valence-corrected chi connectivity index (χ0v) is 32.8. The first kappa shape index (κ1) is 40.4. The van der Waals surface area contributed by atoms with Crippen molar-refractivity contribution < 1.29 is 49.0 Å². The Kier molecular flexibility index (Phi) is 15.4. The van der Waals surface area contributed by atoms with Gasteiger partial charge in [-0.15, -0.1) is 39.7 Å². The molecule has 4 aromatic carbocycles. The van der Waals surface area contributed by atoms with Crippen molar-refractivity contribution in [1.29, 1.82) is 0 Å². The number of fused-ring (bicyclic) bond motifs is 3. The molecule has 0 radical (unpaired) electrons. The van der Waals surface area contributed by atoms with Crippen LogP contribution >= 0.6 is 0 Å². The van der Waals surface area contributed by atoms with Crippen LogP contribution in [0.2, 0.25) is 0 Å². The monoisotopic (exact) mass is 704 g/mol. The van der Waals surface area contributed by atoms with E-state index in [0.29, 0.717) is 11.3 Å². The minimum absolute atomic E-state index is 0. The molecule has 0 saturated carbocycles. The summed E-state index contributed by atoms with van der Waals surface area (Å²) in [5.74, 6) is 0.587. The second-order valence-electron chi connectivity index (χ2n) is 14.8. The molecule has 236 valence electrons. The van der Waals surface area contributed by atoms with Gasteiger partial charge in [0, 0.05) is 0 Å². The molecule has 1 unspecified atom stereocenters. The third kappa shape index (κ3) is 11.3. The number of rotatable bonds is 3. The molecule has 1 atom stereocenters. The fourth-order valence-electron chi connectivity index (χ4n) is 5.07. The Morgan fingerprint density at radius 2 is 1.20 bits per heavy atom. The molecule has 0 aliphatic heterocycles. The molecule has 4 aromatic rings. The Hall–Kier alpha value is -1.66. The fraction of sp³-hybridized carbons (Fsp3) is 0.415. The van der Waals surface area contributed by atoms with Gasteiger partial charge in [0.25, 0.3) is 0 Å². The quantitative estimate of drug-likeness (QED) is 0.235. The molecule has 0 nitrogen and oxygen atoms in total. The SMILES string of the molecule is CC(C)(C)c1ccc2[cH-]c3ccc(C(C)(C)C)cc3c2c1.CCCC1[C-]=CC(C(C)(C)C)=C1.C[C](=[Zr+2])c1ccccc1.[Cl-].[Cl-]. The predicted molar refractivity (Wildman–Crippen MR) is 184 cm³/mol. The van der Waals surface area contributed by atoms with Gasteiger partial charge in [0.15, 0.2) is 0 Å². The summed E-state index contributed by atoms with van der Waals surface area (Å²) >= 11 is 1.51. The van der Waals surface area contributed by atoms with Crippen LogP contribution < -0.4 is 24.8 Å². The van der Waals surface area contributed by atoms with E-state index in [4.69, 9.17) is 0 Å². The van der Waals surface area contributed by atoms with E-state index < -0.39 is 0 Å². The molecular weight excluding hydrogens is 655 g/mol. The van der Waals surface area contributed by atoms with E-state index in [1.54, 1.807) is 0 Å². The zero-order valence-electron chi connectivity index (χ0n) is 28.8.